The molecule has 0 spiro atoms. The van der Waals surface area contributed by atoms with E-state index in [9.17, 15) is 0 Å². The summed E-state index contributed by atoms with van der Waals surface area (Å²) < 4.78 is 11.0. The molecule has 1 atom stereocenters. The largest absolute Gasteiger partial charge is 0.379 e. The third kappa shape index (κ3) is 2.93. The minimum absolute atomic E-state index is 0.388. The molecule has 0 aromatic rings. The Kier molecular flexibility index (Phi) is 3.58. The van der Waals surface area contributed by atoms with Crippen molar-refractivity contribution in [1.82, 2.24) is 5.32 Å². The van der Waals surface area contributed by atoms with Crippen molar-refractivity contribution in [1.29, 1.82) is 0 Å². The molecular formula is C10H19NO2. The highest BCUT2D eigenvalue weighted by Gasteiger charge is 2.17. The molecule has 2 aliphatic rings. The van der Waals surface area contributed by atoms with Gasteiger partial charge in [0.25, 0.3) is 0 Å². The molecule has 2 rings (SSSR count). The van der Waals surface area contributed by atoms with Crippen molar-refractivity contribution < 1.29 is 9.47 Å². The molecule has 2 aliphatic heterocycles. The molecule has 13 heavy (non-hydrogen) atoms. The van der Waals surface area contributed by atoms with E-state index >= 15 is 0 Å². The summed E-state index contributed by atoms with van der Waals surface area (Å²) in [5, 5.41) is 3.26. The quantitative estimate of drug-likeness (QED) is 0.642. The van der Waals surface area contributed by atoms with E-state index in [1.165, 1.54) is 32.4 Å². The summed E-state index contributed by atoms with van der Waals surface area (Å²) in [4.78, 5) is 0. The van der Waals surface area contributed by atoms with Gasteiger partial charge in [-0.1, -0.05) is 0 Å². The summed E-state index contributed by atoms with van der Waals surface area (Å²) in [6.07, 6.45) is 3.99. The molecule has 0 aromatic heterocycles. The Balaban J connectivity index is 1.43. The smallest absolute Gasteiger partial charge is 0.0809 e. The maximum absolute atomic E-state index is 5.57. The van der Waals surface area contributed by atoms with Crippen molar-refractivity contribution in [3.05, 3.63) is 0 Å². The molecular weight excluding hydrogens is 166 g/mol. The second-order valence-corrected chi connectivity index (χ2v) is 4.02. The molecule has 0 aliphatic carbocycles. The fraction of sp³-hybridized carbons (Fsp3) is 1.00. The molecule has 0 saturated carbocycles. The predicted molar refractivity (Wildman–Crippen MR) is 50.8 cm³/mol. The molecule has 0 bridgehead atoms. The first-order chi connectivity index (χ1) is 6.45. The van der Waals surface area contributed by atoms with Crippen molar-refractivity contribution >= 4 is 0 Å². The molecule has 2 heterocycles. The van der Waals surface area contributed by atoms with Crippen molar-refractivity contribution in [2.45, 2.75) is 25.4 Å². The highest BCUT2D eigenvalue weighted by Crippen LogP contribution is 2.13. The highest BCUT2D eigenvalue weighted by atomic mass is 16.5. The van der Waals surface area contributed by atoms with E-state index in [0.717, 1.165) is 25.7 Å². The molecule has 2 fully saturated rings. The number of ether oxygens (including phenoxy) is 2. The fourth-order valence-electron chi connectivity index (χ4n) is 1.79. The standard InChI is InChI=1S/C10H19NO2/c1-2-10(13-4-1)8-12-5-3-9-6-11-7-9/h9-11H,1-8H2. The zero-order valence-electron chi connectivity index (χ0n) is 8.13. The lowest BCUT2D eigenvalue weighted by atomic mass is 10.0. The van der Waals surface area contributed by atoms with Crippen LogP contribution in [-0.4, -0.2) is 39.0 Å². The van der Waals surface area contributed by atoms with Gasteiger partial charge in [-0.3, -0.25) is 0 Å². The van der Waals surface area contributed by atoms with Gasteiger partial charge in [-0.2, -0.15) is 0 Å². The van der Waals surface area contributed by atoms with Crippen LogP contribution in [0.3, 0.4) is 0 Å². The lowest BCUT2D eigenvalue weighted by molar-refractivity contribution is 0.0116. The molecule has 76 valence electrons. The Bertz CT molecular complexity index is 142. The van der Waals surface area contributed by atoms with Crippen LogP contribution < -0.4 is 5.32 Å². The van der Waals surface area contributed by atoms with Gasteiger partial charge in [0.05, 0.1) is 12.7 Å². The van der Waals surface area contributed by atoms with Crippen LogP contribution in [0, 0.1) is 5.92 Å². The summed E-state index contributed by atoms with van der Waals surface area (Å²) >= 11 is 0. The van der Waals surface area contributed by atoms with Gasteiger partial charge in [0.15, 0.2) is 0 Å². The third-order valence-corrected chi connectivity index (χ3v) is 2.86. The van der Waals surface area contributed by atoms with E-state index in [1.54, 1.807) is 0 Å². The van der Waals surface area contributed by atoms with Gasteiger partial charge in [-0.15, -0.1) is 0 Å². The number of rotatable bonds is 5. The van der Waals surface area contributed by atoms with Crippen LogP contribution in [-0.2, 0) is 9.47 Å². The topological polar surface area (TPSA) is 30.5 Å². The summed E-state index contributed by atoms with van der Waals surface area (Å²) in [7, 11) is 0. The molecule has 1 N–H and O–H groups in total. The molecule has 0 radical (unpaired) electrons. The van der Waals surface area contributed by atoms with E-state index in [-0.39, 0.29) is 0 Å². The summed E-state index contributed by atoms with van der Waals surface area (Å²) in [5.74, 6) is 0.865. The Labute approximate surface area is 79.8 Å². The number of hydrogen-bond donors (Lipinski definition) is 1. The van der Waals surface area contributed by atoms with Gasteiger partial charge in [0, 0.05) is 13.2 Å². The van der Waals surface area contributed by atoms with Crippen LogP contribution in [0.15, 0.2) is 0 Å². The van der Waals surface area contributed by atoms with Gasteiger partial charge < -0.3 is 14.8 Å². The lowest BCUT2D eigenvalue weighted by Gasteiger charge is -2.26. The number of hydrogen-bond acceptors (Lipinski definition) is 3. The summed E-state index contributed by atoms with van der Waals surface area (Å²) in [6.45, 7) is 5.01. The summed E-state index contributed by atoms with van der Waals surface area (Å²) in [6, 6.07) is 0. The van der Waals surface area contributed by atoms with E-state index in [1.807, 2.05) is 0 Å². The predicted octanol–water partition coefficient (Wildman–Crippen LogP) is 0.791. The van der Waals surface area contributed by atoms with Crippen LogP contribution in [0.25, 0.3) is 0 Å². The Morgan fingerprint density at radius 3 is 2.92 bits per heavy atom. The minimum Gasteiger partial charge on any atom is -0.379 e. The van der Waals surface area contributed by atoms with Crippen LogP contribution >= 0.6 is 0 Å². The Morgan fingerprint density at radius 2 is 2.31 bits per heavy atom. The lowest BCUT2D eigenvalue weighted by Crippen LogP contribution is -2.42. The maximum atomic E-state index is 5.57. The van der Waals surface area contributed by atoms with Crippen molar-refractivity contribution in [2.24, 2.45) is 5.92 Å². The zero-order valence-corrected chi connectivity index (χ0v) is 8.13. The van der Waals surface area contributed by atoms with Gasteiger partial charge in [-0.05, 0) is 38.3 Å². The molecule has 3 heteroatoms. The SMILES string of the molecule is C1COC(COCCC2CNC2)C1. The molecule has 0 amide bonds. The second-order valence-electron chi connectivity index (χ2n) is 4.02. The highest BCUT2D eigenvalue weighted by molar-refractivity contribution is 4.74. The van der Waals surface area contributed by atoms with E-state index < -0.39 is 0 Å². The van der Waals surface area contributed by atoms with Crippen molar-refractivity contribution in [3.8, 4) is 0 Å². The van der Waals surface area contributed by atoms with Gasteiger partial charge in [-0.25, -0.2) is 0 Å². The van der Waals surface area contributed by atoms with Gasteiger partial charge in [0.1, 0.15) is 0 Å². The zero-order chi connectivity index (χ0) is 8.93. The maximum Gasteiger partial charge on any atom is 0.0809 e. The first kappa shape index (κ1) is 9.44. The van der Waals surface area contributed by atoms with Crippen molar-refractivity contribution in [3.63, 3.8) is 0 Å². The first-order valence-corrected chi connectivity index (χ1v) is 5.35. The van der Waals surface area contributed by atoms with Crippen molar-refractivity contribution in [2.75, 3.05) is 32.9 Å². The molecule has 2 saturated heterocycles. The van der Waals surface area contributed by atoms with Gasteiger partial charge in [0.2, 0.25) is 0 Å². The number of nitrogens with one attached hydrogen (secondary N) is 1. The molecule has 0 aromatic carbocycles. The van der Waals surface area contributed by atoms with E-state index in [4.69, 9.17) is 9.47 Å². The van der Waals surface area contributed by atoms with Crippen LogP contribution in [0.4, 0.5) is 0 Å². The Morgan fingerprint density at radius 1 is 1.38 bits per heavy atom. The van der Waals surface area contributed by atoms with Gasteiger partial charge >= 0.3 is 0 Å². The average molecular weight is 185 g/mol. The Hall–Kier alpha value is -0.120. The second kappa shape index (κ2) is 4.94. The van der Waals surface area contributed by atoms with Crippen LogP contribution in [0.1, 0.15) is 19.3 Å². The van der Waals surface area contributed by atoms with E-state index in [2.05, 4.69) is 5.32 Å². The monoisotopic (exact) mass is 185 g/mol. The fourth-order valence-corrected chi connectivity index (χ4v) is 1.79. The van der Waals surface area contributed by atoms with Crippen LogP contribution in [0.5, 0.6) is 0 Å². The molecule has 1 unspecified atom stereocenters. The first-order valence-electron chi connectivity index (χ1n) is 5.35. The normalized spacial score (nSPS) is 29.1. The molecule has 3 nitrogen and oxygen atoms in total. The van der Waals surface area contributed by atoms with E-state index in [0.29, 0.717) is 6.10 Å². The summed E-state index contributed by atoms with van der Waals surface area (Å²) in [5.41, 5.74) is 0. The average Bonchev–Trinajstić information content (AvgIpc) is 2.53. The third-order valence-electron chi connectivity index (χ3n) is 2.86. The van der Waals surface area contributed by atoms with Crippen LogP contribution in [0.2, 0.25) is 0 Å². The minimum atomic E-state index is 0.388.